The Morgan fingerprint density at radius 3 is 2.68 bits per heavy atom. The maximum Gasteiger partial charge on any atom is 0.355 e. The van der Waals surface area contributed by atoms with Crippen LogP contribution in [0.1, 0.15) is 44.6 Å². The molecule has 0 fully saturated rings. The monoisotopic (exact) mass is 399 g/mol. The van der Waals surface area contributed by atoms with Crippen LogP contribution in [0.4, 0.5) is 0 Å². The summed E-state index contributed by atoms with van der Waals surface area (Å²) in [5, 5.41) is 12.3. The minimum absolute atomic E-state index is 0.0962. The van der Waals surface area contributed by atoms with Gasteiger partial charge < -0.3 is 9.72 Å². The van der Waals surface area contributed by atoms with E-state index >= 15 is 0 Å². The molecule has 28 heavy (non-hydrogen) atoms. The Morgan fingerprint density at radius 1 is 1.21 bits per heavy atom. The lowest BCUT2D eigenvalue weighted by Gasteiger charge is -2.05. The summed E-state index contributed by atoms with van der Waals surface area (Å²) in [6, 6.07) is 9.84. The zero-order chi connectivity index (χ0) is 20.1. The fourth-order valence-corrected chi connectivity index (χ4v) is 3.68. The van der Waals surface area contributed by atoms with Crippen LogP contribution in [0.25, 0.3) is 0 Å². The molecule has 3 rings (SSSR count). The number of ether oxygens (including phenoxy) is 1. The highest BCUT2D eigenvalue weighted by molar-refractivity contribution is 7.99. The van der Waals surface area contributed by atoms with Crippen molar-refractivity contribution >= 4 is 23.5 Å². The maximum absolute atomic E-state index is 12.8. The molecule has 0 radical (unpaired) electrons. The van der Waals surface area contributed by atoms with Gasteiger partial charge in [0.1, 0.15) is 5.69 Å². The van der Waals surface area contributed by atoms with Gasteiger partial charge in [-0.1, -0.05) is 42.1 Å². The van der Waals surface area contributed by atoms with Crippen LogP contribution in [0.5, 0.6) is 0 Å². The van der Waals surface area contributed by atoms with Crippen LogP contribution in [-0.4, -0.2) is 49.3 Å². The quantitative estimate of drug-likeness (QED) is 0.353. The number of nitrogens with zero attached hydrogens (tertiary/aromatic N) is 4. The number of aryl methyl sites for hydroxylation is 1. The Hall–Kier alpha value is -2.94. The van der Waals surface area contributed by atoms with Gasteiger partial charge in [0.25, 0.3) is 0 Å². The Kier molecular flexibility index (Phi) is 6.25. The minimum Gasteiger partial charge on any atom is -0.461 e. The number of hydrogen-bond acceptors (Lipinski definition) is 7. The lowest BCUT2D eigenvalue weighted by molar-refractivity contribution is 0.0519. The average Bonchev–Trinajstić information content (AvgIpc) is 3.24. The summed E-state index contributed by atoms with van der Waals surface area (Å²) in [6.07, 6.45) is 0. The second-order valence-electron chi connectivity index (χ2n) is 6.16. The number of carbonyl (C=O) groups excluding carboxylic acids is 2. The number of H-pyrrole nitrogens is 1. The van der Waals surface area contributed by atoms with Gasteiger partial charge in [0.2, 0.25) is 5.16 Å². The first-order valence-electron chi connectivity index (χ1n) is 8.83. The van der Waals surface area contributed by atoms with Crippen LogP contribution in [0.2, 0.25) is 0 Å². The summed E-state index contributed by atoms with van der Waals surface area (Å²) in [7, 11) is 0. The van der Waals surface area contributed by atoms with E-state index in [1.54, 1.807) is 25.5 Å². The first kappa shape index (κ1) is 19.8. The molecule has 0 amide bonds. The third-order valence-electron chi connectivity index (χ3n) is 4.20. The molecule has 0 saturated carbocycles. The van der Waals surface area contributed by atoms with Gasteiger partial charge in [0, 0.05) is 11.3 Å². The number of ketones is 1. The number of carbonyl (C=O) groups is 2. The fourth-order valence-electron chi connectivity index (χ4n) is 2.93. The summed E-state index contributed by atoms with van der Waals surface area (Å²) in [5.41, 5.74) is 3.15. The zero-order valence-electron chi connectivity index (χ0n) is 15.9. The number of aromatic nitrogens is 5. The number of hydrogen-bond donors (Lipinski definition) is 1. The van der Waals surface area contributed by atoms with Crippen molar-refractivity contribution in [1.29, 1.82) is 0 Å². The number of thioether (sulfide) groups is 1. The van der Waals surface area contributed by atoms with Gasteiger partial charge in [-0.15, -0.1) is 5.10 Å². The van der Waals surface area contributed by atoms with E-state index in [1.165, 1.54) is 11.8 Å². The van der Waals surface area contributed by atoms with Crippen molar-refractivity contribution in [3.63, 3.8) is 0 Å². The highest BCUT2D eigenvalue weighted by Gasteiger charge is 2.23. The van der Waals surface area contributed by atoms with E-state index in [4.69, 9.17) is 4.74 Å². The van der Waals surface area contributed by atoms with Crippen molar-refractivity contribution in [3.05, 3.63) is 58.4 Å². The first-order valence-corrected chi connectivity index (χ1v) is 9.82. The molecule has 0 unspecified atom stereocenters. The second kappa shape index (κ2) is 8.83. The van der Waals surface area contributed by atoms with Crippen molar-refractivity contribution in [1.82, 2.24) is 25.2 Å². The van der Waals surface area contributed by atoms with E-state index in [0.717, 1.165) is 5.56 Å². The van der Waals surface area contributed by atoms with Crippen LogP contribution in [-0.2, 0) is 11.3 Å². The average molecular weight is 399 g/mol. The van der Waals surface area contributed by atoms with E-state index in [1.807, 2.05) is 30.3 Å². The molecule has 1 aromatic carbocycles. The topological polar surface area (TPSA) is 103 Å². The molecule has 9 heteroatoms. The van der Waals surface area contributed by atoms with Crippen molar-refractivity contribution in [2.24, 2.45) is 0 Å². The molecule has 1 N–H and O–H groups in total. The summed E-state index contributed by atoms with van der Waals surface area (Å²) < 4.78 is 6.69. The Morgan fingerprint density at radius 2 is 1.96 bits per heavy atom. The summed E-state index contributed by atoms with van der Waals surface area (Å²) in [6.45, 7) is 6.06. The Balaban J connectivity index is 1.70. The lowest BCUT2D eigenvalue weighted by atomic mass is 10.1. The summed E-state index contributed by atoms with van der Waals surface area (Å²) in [5.74, 6) is -0.389. The SMILES string of the molecule is CCOC(=O)c1[nH]c(C)c(C(=O)CSc2nnnn2Cc2ccccc2)c1C. The molecule has 8 nitrogen and oxygen atoms in total. The molecule has 0 atom stereocenters. The molecule has 0 aliphatic rings. The van der Waals surface area contributed by atoms with E-state index < -0.39 is 5.97 Å². The number of nitrogens with one attached hydrogen (secondary N) is 1. The highest BCUT2D eigenvalue weighted by Crippen LogP contribution is 2.23. The fraction of sp³-hybridized carbons (Fsp3) is 0.316. The third kappa shape index (κ3) is 4.30. The van der Waals surface area contributed by atoms with Crippen LogP contribution in [0.15, 0.2) is 35.5 Å². The molecule has 146 valence electrons. The number of benzene rings is 1. The molecule has 0 aliphatic carbocycles. The Bertz CT molecular complexity index is 981. The van der Waals surface area contributed by atoms with Gasteiger partial charge in [0.05, 0.1) is 18.9 Å². The molecule has 0 aliphatic heterocycles. The van der Waals surface area contributed by atoms with Crippen LogP contribution in [0.3, 0.4) is 0 Å². The normalized spacial score (nSPS) is 10.8. The van der Waals surface area contributed by atoms with E-state index in [0.29, 0.717) is 34.2 Å². The maximum atomic E-state index is 12.8. The summed E-state index contributed by atoms with van der Waals surface area (Å²) in [4.78, 5) is 27.8. The van der Waals surface area contributed by atoms with Gasteiger partial charge in [0.15, 0.2) is 5.78 Å². The first-order chi connectivity index (χ1) is 13.5. The number of tetrazole rings is 1. The lowest BCUT2D eigenvalue weighted by Crippen LogP contribution is -2.09. The van der Waals surface area contributed by atoms with Gasteiger partial charge >= 0.3 is 5.97 Å². The van der Waals surface area contributed by atoms with Gasteiger partial charge in [-0.2, -0.15) is 0 Å². The standard InChI is InChI=1S/C19H21N5O3S/c1-4-27-18(26)17-12(2)16(13(3)20-17)15(25)11-28-19-21-22-23-24(19)10-14-8-6-5-7-9-14/h5-9,20H,4,10-11H2,1-3H3. The van der Waals surface area contributed by atoms with Gasteiger partial charge in [-0.25, -0.2) is 9.48 Å². The largest absolute Gasteiger partial charge is 0.461 e. The van der Waals surface area contributed by atoms with Crippen LogP contribution < -0.4 is 0 Å². The van der Waals surface area contributed by atoms with Crippen molar-refractivity contribution in [2.45, 2.75) is 32.5 Å². The predicted molar refractivity (Wildman–Crippen MR) is 105 cm³/mol. The molecule has 2 aromatic heterocycles. The highest BCUT2D eigenvalue weighted by atomic mass is 32.2. The van der Waals surface area contributed by atoms with Crippen molar-refractivity contribution < 1.29 is 14.3 Å². The van der Waals surface area contributed by atoms with E-state index in [9.17, 15) is 9.59 Å². The smallest absolute Gasteiger partial charge is 0.355 e. The molecule has 0 saturated heterocycles. The number of rotatable bonds is 8. The van der Waals surface area contributed by atoms with Crippen molar-refractivity contribution in [2.75, 3.05) is 12.4 Å². The van der Waals surface area contributed by atoms with Gasteiger partial charge in [-0.3, -0.25) is 4.79 Å². The van der Waals surface area contributed by atoms with E-state index in [2.05, 4.69) is 20.5 Å². The molecule has 2 heterocycles. The molecular formula is C19H21N5O3S. The number of esters is 1. The van der Waals surface area contributed by atoms with Crippen molar-refractivity contribution in [3.8, 4) is 0 Å². The number of aromatic amines is 1. The minimum atomic E-state index is -0.457. The molecule has 0 bridgehead atoms. The van der Waals surface area contributed by atoms with Gasteiger partial charge in [-0.05, 0) is 42.3 Å². The Labute approximate surface area is 166 Å². The molecule has 3 aromatic rings. The zero-order valence-corrected chi connectivity index (χ0v) is 16.7. The molecular weight excluding hydrogens is 378 g/mol. The van der Waals surface area contributed by atoms with E-state index in [-0.39, 0.29) is 18.1 Å². The third-order valence-corrected chi connectivity index (χ3v) is 5.16. The molecule has 0 spiro atoms. The predicted octanol–water partition coefficient (Wildman–Crippen LogP) is 2.82. The summed E-state index contributed by atoms with van der Waals surface area (Å²) >= 11 is 1.27. The van der Waals surface area contributed by atoms with Crippen LogP contribution >= 0.6 is 11.8 Å². The van der Waals surface area contributed by atoms with Crippen LogP contribution in [0, 0.1) is 13.8 Å². The number of Topliss-reactive ketones (excluding diaryl/α,β-unsaturated/α-hetero) is 1. The second-order valence-corrected chi connectivity index (χ2v) is 7.10.